The van der Waals surface area contributed by atoms with Crippen molar-refractivity contribution >= 4 is 10.2 Å². The van der Waals surface area contributed by atoms with Gasteiger partial charge in [-0.15, -0.1) is 0 Å². The molecule has 0 N–H and O–H groups in total. The number of allylic oxidation sites excluding steroid dienone is 1. The average Bonchev–Trinajstić information content (AvgIpc) is 1.99. The fourth-order valence-corrected chi connectivity index (χ4v) is 1.11. The molecule has 0 aromatic carbocycles. The maximum absolute atomic E-state index is 5.02. The Hall–Kier alpha value is -0.903. The first-order valence-electron chi connectivity index (χ1n) is 3.19. The fourth-order valence-electron chi connectivity index (χ4n) is 0.701. The van der Waals surface area contributed by atoms with Crippen molar-refractivity contribution < 1.29 is 14.2 Å². The SMILES string of the molecule is C=C([SiH3])C(OC)=C(OC)OC. The average molecular weight is 174 g/mol. The van der Waals surface area contributed by atoms with Crippen LogP contribution in [0.1, 0.15) is 0 Å². The van der Waals surface area contributed by atoms with E-state index in [9.17, 15) is 0 Å². The summed E-state index contributed by atoms with van der Waals surface area (Å²) in [5.41, 5.74) is 0. The smallest absolute Gasteiger partial charge is 0.322 e. The lowest BCUT2D eigenvalue weighted by Crippen LogP contribution is -2.01. The van der Waals surface area contributed by atoms with Crippen LogP contribution >= 0.6 is 0 Å². The molecule has 0 rings (SSSR count). The van der Waals surface area contributed by atoms with Gasteiger partial charge in [0.2, 0.25) is 0 Å². The number of hydrogen-bond acceptors (Lipinski definition) is 3. The molecule has 0 heterocycles. The lowest BCUT2D eigenvalue weighted by atomic mass is 10.5. The normalized spacial score (nSPS) is 8.64. The molecule has 4 heteroatoms. The summed E-state index contributed by atoms with van der Waals surface area (Å²) < 4.78 is 14.8. The maximum atomic E-state index is 5.02. The molecule has 0 atom stereocenters. The standard InChI is InChI=1S/C7H14O3Si/c1-5(11)6(8-2)7(9-3)10-4/h1H2,2-4,11H3. The van der Waals surface area contributed by atoms with E-state index in [1.807, 2.05) is 0 Å². The van der Waals surface area contributed by atoms with E-state index in [4.69, 9.17) is 14.2 Å². The minimum Gasteiger partial charge on any atom is -0.490 e. The van der Waals surface area contributed by atoms with Gasteiger partial charge < -0.3 is 14.2 Å². The first-order valence-corrected chi connectivity index (χ1v) is 4.19. The molecule has 0 aromatic rings. The Bertz CT molecular complexity index is 169. The fraction of sp³-hybridized carbons (Fsp3) is 0.429. The zero-order chi connectivity index (χ0) is 8.85. The van der Waals surface area contributed by atoms with Crippen molar-refractivity contribution in [2.75, 3.05) is 21.3 Å². The van der Waals surface area contributed by atoms with Gasteiger partial charge in [0.15, 0.2) is 5.76 Å². The highest BCUT2D eigenvalue weighted by Crippen LogP contribution is 2.12. The first-order chi connectivity index (χ1) is 5.17. The predicted octanol–water partition coefficient (Wildman–Crippen LogP) is -0.0262. The van der Waals surface area contributed by atoms with Crippen molar-refractivity contribution in [2.45, 2.75) is 0 Å². The Kier molecular flexibility index (Phi) is 4.45. The summed E-state index contributed by atoms with van der Waals surface area (Å²) in [6.45, 7) is 3.76. The Labute approximate surface area is 70.1 Å². The van der Waals surface area contributed by atoms with Crippen LogP contribution in [0.5, 0.6) is 0 Å². The van der Waals surface area contributed by atoms with Crippen molar-refractivity contribution in [1.82, 2.24) is 0 Å². The lowest BCUT2D eigenvalue weighted by Gasteiger charge is -2.10. The minimum atomic E-state index is 0.382. The van der Waals surface area contributed by atoms with Crippen LogP contribution in [0.3, 0.4) is 0 Å². The van der Waals surface area contributed by atoms with Gasteiger partial charge in [0, 0.05) is 10.2 Å². The summed E-state index contributed by atoms with van der Waals surface area (Å²) in [7, 11) is 5.46. The summed E-state index contributed by atoms with van der Waals surface area (Å²) in [5.74, 6) is 0.981. The van der Waals surface area contributed by atoms with Crippen molar-refractivity contribution in [3.05, 3.63) is 23.5 Å². The van der Waals surface area contributed by atoms with E-state index in [1.165, 1.54) is 14.2 Å². The quantitative estimate of drug-likeness (QED) is 0.340. The van der Waals surface area contributed by atoms with Crippen LogP contribution < -0.4 is 0 Å². The highest BCUT2D eigenvalue weighted by atomic mass is 28.1. The summed E-state index contributed by atoms with van der Waals surface area (Å²) >= 11 is 0. The van der Waals surface area contributed by atoms with E-state index >= 15 is 0 Å². The summed E-state index contributed by atoms with van der Waals surface area (Å²) in [6, 6.07) is 0. The van der Waals surface area contributed by atoms with Crippen molar-refractivity contribution in [3.63, 3.8) is 0 Å². The molecular formula is C7H14O3Si. The van der Waals surface area contributed by atoms with E-state index < -0.39 is 0 Å². The van der Waals surface area contributed by atoms with Crippen LogP contribution in [0.15, 0.2) is 23.5 Å². The molecular weight excluding hydrogens is 160 g/mol. The number of methoxy groups -OCH3 is 3. The van der Waals surface area contributed by atoms with Crippen LogP contribution in [-0.2, 0) is 14.2 Å². The molecule has 0 spiro atoms. The van der Waals surface area contributed by atoms with Gasteiger partial charge in [-0.1, -0.05) is 6.58 Å². The van der Waals surface area contributed by atoms with Crippen LogP contribution in [-0.4, -0.2) is 31.6 Å². The zero-order valence-corrected chi connectivity index (χ0v) is 9.43. The predicted molar refractivity (Wildman–Crippen MR) is 47.1 cm³/mol. The van der Waals surface area contributed by atoms with Crippen LogP contribution in [0.2, 0.25) is 0 Å². The molecule has 11 heavy (non-hydrogen) atoms. The van der Waals surface area contributed by atoms with Gasteiger partial charge in [0.05, 0.1) is 21.3 Å². The molecule has 3 nitrogen and oxygen atoms in total. The number of rotatable bonds is 4. The number of ether oxygens (including phenoxy) is 3. The van der Waals surface area contributed by atoms with Crippen LogP contribution in [0, 0.1) is 0 Å². The third-order valence-electron chi connectivity index (χ3n) is 1.15. The minimum absolute atomic E-state index is 0.382. The second-order valence-electron chi connectivity index (χ2n) is 2.01. The molecule has 0 bridgehead atoms. The Morgan fingerprint density at radius 2 is 1.55 bits per heavy atom. The van der Waals surface area contributed by atoms with Crippen molar-refractivity contribution in [2.24, 2.45) is 0 Å². The molecule has 0 aromatic heterocycles. The van der Waals surface area contributed by atoms with Gasteiger partial charge in [0.25, 0.3) is 0 Å². The molecule has 0 aliphatic heterocycles. The number of hydrogen-bond donors (Lipinski definition) is 0. The Morgan fingerprint density at radius 1 is 1.09 bits per heavy atom. The highest BCUT2D eigenvalue weighted by molar-refractivity contribution is 6.23. The van der Waals surface area contributed by atoms with Gasteiger partial charge in [-0.3, -0.25) is 0 Å². The molecule has 0 fully saturated rings. The topological polar surface area (TPSA) is 27.7 Å². The van der Waals surface area contributed by atoms with E-state index in [1.54, 1.807) is 7.11 Å². The van der Waals surface area contributed by atoms with E-state index in [0.29, 0.717) is 11.7 Å². The zero-order valence-electron chi connectivity index (χ0n) is 7.43. The molecule has 0 amide bonds. The highest BCUT2D eigenvalue weighted by Gasteiger charge is 2.07. The van der Waals surface area contributed by atoms with Gasteiger partial charge in [-0.2, -0.15) is 0 Å². The molecule has 0 aliphatic rings. The van der Waals surface area contributed by atoms with Crippen molar-refractivity contribution in [1.29, 1.82) is 0 Å². The monoisotopic (exact) mass is 174 g/mol. The van der Waals surface area contributed by atoms with Gasteiger partial charge in [-0.25, -0.2) is 0 Å². The molecule has 0 radical (unpaired) electrons. The van der Waals surface area contributed by atoms with Crippen LogP contribution in [0.4, 0.5) is 0 Å². The molecule has 0 saturated carbocycles. The lowest BCUT2D eigenvalue weighted by molar-refractivity contribution is 0.0721. The second-order valence-corrected chi connectivity index (χ2v) is 3.22. The largest absolute Gasteiger partial charge is 0.490 e. The van der Waals surface area contributed by atoms with Crippen LogP contribution in [0.25, 0.3) is 0 Å². The Balaban J connectivity index is 4.62. The van der Waals surface area contributed by atoms with Gasteiger partial charge in [0.1, 0.15) is 0 Å². The summed E-state index contributed by atoms with van der Waals surface area (Å²) in [6.07, 6.45) is 0. The third kappa shape index (κ3) is 2.67. The van der Waals surface area contributed by atoms with Gasteiger partial charge in [-0.05, 0) is 5.20 Å². The van der Waals surface area contributed by atoms with E-state index in [-0.39, 0.29) is 0 Å². The van der Waals surface area contributed by atoms with E-state index in [2.05, 4.69) is 6.58 Å². The Morgan fingerprint density at radius 3 is 1.64 bits per heavy atom. The first kappa shape index (κ1) is 10.1. The maximum Gasteiger partial charge on any atom is 0.322 e. The second kappa shape index (κ2) is 4.84. The molecule has 0 aliphatic carbocycles. The molecule has 64 valence electrons. The summed E-state index contributed by atoms with van der Waals surface area (Å²) in [5, 5.41) is 0.909. The van der Waals surface area contributed by atoms with Crippen molar-refractivity contribution in [3.8, 4) is 0 Å². The third-order valence-corrected chi connectivity index (χ3v) is 1.60. The van der Waals surface area contributed by atoms with Gasteiger partial charge >= 0.3 is 5.95 Å². The van der Waals surface area contributed by atoms with E-state index in [0.717, 1.165) is 15.4 Å². The molecule has 0 unspecified atom stereocenters. The summed E-state index contributed by atoms with van der Waals surface area (Å²) in [4.78, 5) is 0. The molecule has 0 saturated heterocycles.